The molecule has 1 amide bonds. The lowest BCUT2D eigenvalue weighted by Crippen LogP contribution is -2.29. The van der Waals surface area contributed by atoms with Crippen molar-refractivity contribution in [1.82, 2.24) is 0 Å². The Kier molecular flexibility index (Phi) is 5.05. The van der Waals surface area contributed by atoms with E-state index in [1.807, 2.05) is 48.5 Å². The number of rotatable bonds is 4. The number of nitrogens with one attached hydrogen (secondary N) is 1. The Hall–Kier alpha value is -2.77. The maximum absolute atomic E-state index is 11.3. The number of carbonyl (C=O) groups is 1. The van der Waals surface area contributed by atoms with Gasteiger partial charge in [0.15, 0.2) is 0 Å². The lowest BCUT2D eigenvalue weighted by molar-refractivity contribution is -0.123. The molecule has 4 heteroatoms. The van der Waals surface area contributed by atoms with Crippen LogP contribution in [0.5, 0.6) is 0 Å². The molecule has 0 aliphatic carbocycles. The van der Waals surface area contributed by atoms with E-state index in [1.165, 1.54) is 0 Å². The highest BCUT2D eigenvalue weighted by molar-refractivity contribution is 5.83. The van der Waals surface area contributed by atoms with Gasteiger partial charge >= 0.3 is 0 Å². The Morgan fingerprint density at radius 2 is 1.78 bits per heavy atom. The standard InChI is InChI=1S/C19H20N2O2/c1-19(2,18(20)22)13-12-14-8-10-15(11-9-14)16-6-4-5-7-17(16)21-23-3/h4-11,21H,1-3H3,(H2,20,22). The van der Waals surface area contributed by atoms with E-state index < -0.39 is 11.3 Å². The van der Waals surface area contributed by atoms with E-state index >= 15 is 0 Å². The van der Waals surface area contributed by atoms with Crippen LogP contribution in [0.2, 0.25) is 0 Å². The molecule has 3 N–H and O–H groups in total. The summed E-state index contributed by atoms with van der Waals surface area (Å²) in [7, 11) is 1.58. The zero-order valence-electron chi connectivity index (χ0n) is 13.5. The van der Waals surface area contributed by atoms with Gasteiger partial charge in [-0.05, 0) is 37.6 Å². The van der Waals surface area contributed by atoms with E-state index in [9.17, 15) is 4.79 Å². The predicted molar refractivity (Wildman–Crippen MR) is 92.4 cm³/mol. The highest BCUT2D eigenvalue weighted by Crippen LogP contribution is 2.27. The van der Waals surface area contributed by atoms with Gasteiger partial charge in [0.1, 0.15) is 5.41 Å². The molecule has 0 saturated heterocycles. The van der Waals surface area contributed by atoms with Crippen LogP contribution in [-0.4, -0.2) is 13.0 Å². The molecular weight excluding hydrogens is 288 g/mol. The summed E-state index contributed by atoms with van der Waals surface area (Å²) in [5, 5.41) is 0. The molecule has 0 aromatic heterocycles. The Bertz CT molecular complexity index is 753. The van der Waals surface area contributed by atoms with Gasteiger partial charge in [0, 0.05) is 11.1 Å². The van der Waals surface area contributed by atoms with Crippen molar-refractivity contribution in [3.63, 3.8) is 0 Å². The monoisotopic (exact) mass is 308 g/mol. The zero-order chi connectivity index (χ0) is 16.9. The topological polar surface area (TPSA) is 64.3 Å². The van der Waals surface area contributed by atoms with Gasteiger partial charge in [-0.3, -0.25) is 15.1 Å². The maximum atomic E-state index is 11.3. The van der Waals surface area contributed by atoms with Crippen molar-refractivity contribution in [2.75, 3.05) is 12.6 Å². The van der Waals surface area contributed by atoms with Crippen molar-refractivity contribution < 1.29 is 9.63 Å². The molecule has 0 fully saturated rings. The fourth-order valence-electron chi connectivity index (χ4n) is 1.96. The largest absolute Gasteiger partial charge is 0.368 e. The van der Waals surface area contributed by atoms with E-state index in [2.05, 4.69) is 17.3 Å². The minimum Gasteiger partial charge on any atom is -0.368 e. The molecule has 2 rings (SSSR count). The van der Waals surface area contributed by atoms with Crippen molar-refractivity contribution in [1.29, 1.82) is 0 Å². The summed E-state index contributed by atoms with van der Waals surface area (Å²) in [6.45, 7) is 3.42. The highest BCUT2D eigenvalue weighted by atomic mass is 16.6. The second kappa shape index (κ2) is 6.99. The summed E-state index contributed by atoms with van der Waals surface area (Å²) in [6, 6.07) is 15.7. The molecule has 0 atom stereocenters. The van der Waals surface area contributed by atoms with Crippen LogP contribution in [0.15, 0.2) is 48.5 Å². The molecule has 0 spiro atoms. The van der Waals surface area contributed by atoms with E-state index in [0.29, 0.717) is 0 Å². The SMILES string of the molecule is CONc1ccccc1-c1ccc(C#CC(C)(C)C(N)=O)cc1. The van der Waals surface area contributed by atoms with Crippen LogP contribution >= 0.6 is 0 Å². The van der Waals surface area contributed by atoms with Crippen LogP contribution in [-0.2, 0) is 9.63 Å². The van der Waals surface area contributed by atoms with Gasteiger partial charge in [-0.2, -0.15) is 0 Å². The average Bonchev–Trinajstić information content (AvgIpc) is 2.54. The highest BCUT2D eigenvalue weighted by Gasteiger charge is 2.21. The molecule has 0 radical (unpaired) electrons. The second-order valence-electron chi connectivity index (χ2n) is 5.67. The summed E-state index contributed by atoms with van der Waals surface area (Å²) >= 11 is 0. The Balaban J connectivity index is 2.28. The van der Waals surface area contributed by atoms with E-state index in [-0.39, 0.29) is 0 Å². The number of primary amides is 1. The third-order valence-electron chi connectivity index (χ3n) is 3.47. The number of para-hydroxylation sites is 1. The quantitative estimate of drug-likeness (QED) is 0.673. The minimum atomic E-state index is -0.840. The van der Waals surface area contributed by atoms with Crippen molar-refractivity contribution in [2.45, 2.75) is 13.8 Å². The lowest BCUT2D eigenvalue weighted by Gasteiger charge is -2.11. The number of carbonyl (C=O) groups excluding carboxylic acids is 1. The molecule has 23 heavy (non-hydrogen) atoms. The van der Waals surface area contributed by atoms with Gasteiger partial charge in [-0.15, -0.1) is 0 Å². The number of hydrogen-bond acceptors (Lipinski definition) is 3. The van der Waals surface area contributed by atoms with Crippen molar-refractivity contribution in [3.8, 4) is 23.0 Å². The molecule has 2 aromatic rings. The van der Waals surface area contributed by atoms with Crippen LogP contribution in [0.4, 0.5) is 5.69 Å². The summed E-state index contributed by atoms with van der Waals surface area (Å²) in [4.78, 5) is 16.3. The minimum absolute atomic E-state index is 0.429. The average molecular weight is 308 g/mol. The summed E-state index contributed by atoms with van der Waals surface area (Å²) in [6.07, 6.45) is 0. The predicted octanol–water partition coefficient (Wildman–Crippen LogP) is 3.19. The first kappa shape index (κ1) is 16.6. The number of benzene rings is 2. The fourth-order valence-corrected chi connectivity index (χ4v) is 1.96. The molecule has 0 aliphatic rings. The molecule has 118 valence electrons. The third-order valence-corrected chi connectivity index (χ3v) is 3.47. The van der Waals surface area contributed by atoms with Crippen LogP contribution < -0.4 is 11.2 Å². The van der Waals surface area contributed by atoms with E-state index in [0.717, 1.165) is 22.4 Å². The first-order valence-corrected chi connectivity index (χ1v) is 7.25. The van der Waals surface area contributed by atoms with Crippen molar-refractivity contribution in [2.24, 2.45) is 11.1 Å². The van der Waals surface area contributed by atoms with Crippen molar-refractivity contribution in [3.05, 3.63) is 54.1 Å². The number of amides is 1. The summed E-state index contributed by atoms with van der Waals surface area (Å²) in [5.41, 5.74) is 11.2. The Labute approximate surface area is 136 Å². The molecular formula is C19H20N2O2. The third kappa shape index (κ3) is 4.12. The Morgan fingerprint density at radius 3 is 2.39 bits per heavy atom. The summed E-state index contributed by atoms with van der Waals surface area (Å²) in [5.74, 6) is 5.47. The van der Waals surface area contributed by atoms with Gasteiger partial charge in [0.25, 0.3) is 0 Å². The molecule has 0 aliphatic heterocycles. The van der Waals surface area contributed by atoms with Gasteiger partial charge in [-0.1, -0.05) is 42.2 Å². The second-order valence-corrected chi connectivity index (χ2v) is 5.67. The van der Waals surface area contributed by atoms with Crippen molar-refractivity contribution >= 4 is 11.6 Å². The lowest BCUT2D eigenvalue weighted by atomic mass is 9.93. The van der Waals surface area contributed by atoms with Gasteiger partial charge in [0.05, 0.1) is 12.8 Å². The van der Waals surface area contributed by atoms with Gasteiger partial charge in [0.2, 0.25) is 5.91 Å². The molecule has 0 saturated carbocycles. The Morgan fingerprint density at radius 1 is 1.13 bits per heavy atom. The smallest absolute Gasteiger partial charge is 0.235 e. The van der Waals surface area contributed by atoms with Crippen LogP contribution in [0.3, 0.4) is 0 Å². The molecule has 2 aromatic carbocycles. The van der Waals surface area contributed by atoms with Crippen LogP contribution in [0, 0.1) is 17.3 Å². The maximum Gasteiger partial charge on any atom is 0.235 e. The van der Waals surface area contributed by atoms with Crippen LogP contribution in [0.25, 0.3) is 11.1 Å². The molecule has 0 bridgehead atoms. The molecule has 4 nitrogen and oxygen atoms in total. The number of anilines is 1. The van der Waals surface area contributed by atoms with E-state index in [1.54, 1.807) is 21.0 Å². The first-order chi connectivity index (χ1) is 10.9. The molecule has 0 unspecified atom stereocenters. The van der Waals surface area contributed by atoms with Gasteiger partial charge < -0.3 is 5.73 Å². The first-order valence-electron chi connectivity index (χ1n) is 7.25. The summed E-state index contributed by atoms with van der Waals surface area (Å²) < 4.78 is 0. The number of hydrogen-bond donors (Lipinski definition) is 2. The molecule has 0 heterocycles. The van der Waals surface area contributed by atoms with Gasteiger partial charge in [-0.25, -0.2) is 0 Å². The fraction of sp³-hybridized carbons (Fsp3) is 0.211. The van der Waals surface area contributed by atoms with E-state index in [4.69, 9.17) is 10.6 Å². The zero-order valence-corrected chi connectivity index (χ0v) is 13.5. The normalized spacial score (nSPS) is 10.6. The van der Waals surface area contributed by atoms with Crippen LogP contribution in [0.1, 0.15) is 19.4 Å². The number of nitrogens with two attached hydrogens (primary N) is 1.